The van der Waals surface area contributed by atoms with Crippen molar-refractivity contribution < 1.29 is 27.9 Å². The van der Waals surface area contributed by atoms with Gasteiger partial charge in [0.05, 0.1) is 0 Å². The molecule has 1 aliphatic rings. The van der Waals surface area contributed by atoms with Crippen LogP contribution < -0.4 is 9.64 Å². The fourth-order valence-corrected chi connectivity index (χ4v) is 3.27. The predicted molar refractivity (Wildman–Crippen MR) is 113 cm³/mol. The van der Waals surface area contributed by atoms with E-state index in [0.717, 1.165) is 5.82 Å². The smallest absolute Gasteiger partial charge is 0.374 e. The second-order valence-electron chi connectivity index (χ2n) is 7.14. The molecule has 0 unspecified atom stereocenters. The summed E-state index contributed by atoms with van der Waals surface area (Å²) >= 11 is 0. The van der Waals surface area contributed by atoms with E-state index in [1.807, 2.05) is 18.2 Å². The third-order valence-electron chi connectivity index (χ3n) is 4.99. The summed E-state index contributed by atoms with van der Waals surface area (Å²) in [7, 11) is 0. The Morgan fingerprint density at radius 3 is 2.50 bits per heavy atom. The molecule has 0 bridgehead atoms. The quantitative estimate of drug-likeness (QED) is 0.524. The Balaban J connectivity index is 1.21. The molecular formula is C23H22FN3O5. The van der Waals surface area contributed by atoms with Crippen LogP contribution in [-0.2, 0) is 16.1 Å². The van der Waals surface area contributed by atoms with Gasteiger partial charge in [-0.1, -0.05) is 6.07 Å². The third-order valence-corrected chi connectivity index (χ3v) is 4.99. The van der Waals surface area contributed by atoms with E-state index in [1.165, 1.54) is 30.3 Å². The molecule has 1 amide bonds. The number of furan rings is 1. The summed E-state index contributed by atoms with van der Waals surface area (Å²) in [6.45, 7) is 2.08. The monoisotopic (exact) mass is 439 g/mol. The molecule has 3 heterocycles. The molecular weight excluding hydrogens is 417 g/mol. The van der Waals surface area contributed by atoms with Crippen LogP contribution in [0.25, 0.3) is 0 Å². The van der Waals surface area contributed by atoms with Gasteiger partial charge in [0.25, 0.3) is 5.91 Å². The predicted octanol–water partition coefficient (Wildman–Crippen LogP) is 2.90. The first-order valence-electron chi connectivity index (χ1n) is 10.2. The van der Waals surface area contributed by atoms with Gasteiger partial charge in [-0.3, -0.25) is 4.79 Å². The van der Waals surface area contributed by atoms with E-state index in [1.54, 1.807) is 17.2 Å². The van der Waals surface area contributed by atoms with Crippen molar-refractivity contribution in [1.29, 1.82) is 0 Å². The number of halogens is 1. The number of pyridine rings is 1. The van der Waals surface area contributed by atoms with Gasteiger partial charge in [-0.15, -0.1) is 0 Å². The number of carbonyl (C=O) groups is 2. The number of nitrogens with zero attached hydrogens (tertiary/aromatic N) is 3. The second-order valence-corrected chi connectivity index (χ2v) is 7.14. The van der Waals surface area contributed by atoms with Gasteiger partial charge in [-0.2, -0.15) is 0 Å². The summed E-state index contributed by atoms with van der Waals surface area (Å²) < 4.78 is 28.9. The Hall–Kier alpha value is -3.88. The van der Waals surface area contributed by atoms with Gasteiger partial charge in [0.2, 0.25) is 5.76 Å². The number of benzene rings is 1. The van der Waals surface area contributed by atoms with Crippen LogP contribution in [0.1, 0.15) is 16.3 Å². The van der Waals surface area contributed by atoms with Crippen LogP contribution in [0.4, 0.5) is 10.2 Å². The second kappa shape index (κ2) is 9.95. The summed E-state index contributed by atoms with van der Waals surface area (Å²) in [5, 5.41) is 0. The molecule has 0 aliphatic carbocycles. The number of anilines is 1. The Morgan fingerprint density at radius 2 is 1.78 bits per heavy atom. The van der Waals surface area contributed by atoms with E-state index < -0.39 is 5.97 Å². The molecule has 32 heavy (non-hydrogen) atoms. The van der Waals surface area contributed by atoms with Crippen LogP contribution >= 0.6 is 0 Å². The van der Waals surface area contributed by atoms with Crippen molar-refractivity contribution in [3.8, 4) is 5.75 Å². The first-order valence-corrected chi connectivity index (χ1v) is 10.2. The minimum absolute atomic E-state index is 0.0181. The van der Waals surface area contributed by atoms with Crippen LogP contribution in [0.15, 0.2) is 65.2 Å². The Bertz CT molecular complexity index is 1050. The molecule has 1 saturated heterocycles. The minimum Gasteiger partial charge on any atom is -0.486 e. The summed E-state index contributed by atoms with van der Waals surface area (Å²) in [5.74, 6) is 0.395. The number of hydrogen-bond donors (Lipinski definition) is 0. The molecule has 1 fully saturated rings. The molecule has 8 nitrogen and oxygen atoms in total. The lowest BCUT2D eigenvalue weighted by molar-refractivity contribution is -0.134. The largest absolute Gasteiger partial charge is 0.486 e. The molecule has 0 saturated carbocycles. The van der Waals surface area contributed by atoms with Crippen LogP contribution in [0, 0.1) is 5.82 Å². The number of hydrogen-bond acceptors (Lipinski definition) is 7. The highest BCUT2D eigenvalue weighted by Gasteiger charge is 2.23. The number of rotatable bonds is 7. The minimum atomic E-state index is -0.724. The normalized spacial score (nSPS) is 13.7. The molecule has 1 aromatic carbocycles. The fourth-order valence-electron chi connectivity index (χ4n) is 3.27. The molecule has 3 aromatic rings. The first kappa shape index (κ1) is 21.4. The van der Waals surface area contributed by atoms with Crippen LogP contribution in [0.5, 0.6) is 5.75 Å². The van der Waals surface area contributed by atoms with E-state index >= 15 is 0 Å². The number of esters is 1. The van der Waals surface area contributed by atoms with Gasteiger partial charge in [0.15, 0.2) is 6.61 Å². The van der Waals surface area contributed by atoms with Crippen molar-refractivity contribution in [3.63, 3.8) is 0 Å². The van der Waals surface area contributed by atoms with Gasteiger partial charge < -0.3 is 23.7 Å². The van der Waals surface area contributed by atoms with Crippen molar-refractivity contribution in [2.24, 2.45) is 0 Å². The zero-order valence-corrected chi connectivity index (χ0v) is 17.3. The fraction of sp³-hybridized carbons (Fsp3) is 0.261. The number of piperazine rings is 1. The molecule has 166 valence electrons. The van der Waals surface area contributed by atoms with E-state index in [-0.39, 0.29) is 30.7 Å². The SMILES string of the molecule is O=C(OCC(=O)N1CCN(c2ccccn2)CC1)c1ccc(COc2ccc(F)cc2)o1. The van der Waals surface area contributed by atoms with Crippen molar-refractivity contribution >= 4 is 17.7 Å². The Kier molecular flexibility index (Phi) is 6.64. The van der Waals surface area contributed by atoms with Crippen molar-refractivity contribution in [2.45, 2.75) is 6.61 Å². The first-order chi connectivity index (χ1) is 15.6. The zero-order valence-electron chi connectivity index (χ0n) is 17.3. The maximum Gasteiger partial charge on any atom is 0.374 e. The summed E-state index contributed by atoms with van der Waals surface area (Å²) in [6, 6.07) is 14.3. The lowest BCUT2D eigenvalue weighted by Gasteiger charge is -2.35. The molecule has 0 spiro atoms. The van der Waals surface area contributed by atoms with Gasteiger partial charge in [-0.05, 0) is 48.5 Å². The highest BCUT2D eigenvalue weighted by molar-refractivity contribution is 5.88. The standard InChI is InChI=1S/C23H22FN3O5/c24-17-4-6-18(7-5-17)30-15-19-8-9-20(32-19)23(29)31-16-22(28)27-13-11-26(12-14-27)21-3-1-2-10-25-21/h1-10H,11-16H2. The van der Waals surface area contributed by atoms with E-state index in [9.17, 15) is 14.0 Å². The Morgan fingerprint density at radius 1 is 1.00 bits per heavy atom. The summed E-state index contributed by atoms with van der Waals surface area (Å²) in [6.07, 6.45) is 1.74. The zero-order chi connectivity index (χ0) is 22.3. The lowest BCUT2D eigenvalue weighted by atomic mass is 10.3. The van der Waals surface area contributed by atoms with Crippen molar-refractivity contribution in [2.75, 3.05) is 37.7 Å². The number of ether oxygens (including phenoxy) is 2. The molecule has 0 N–H and O–H groups in total. The molecule has 9 heteroatoms. The summed E-state index contributed by atoms with van der Waals surface area (Å²) in [5.41, 5.74) is 0. The summed E-state index contributed by atoms with van der Waals surface area (Å²) in [4.78, 5) is 32.7. The van der Waals surface area contributed by atoms with E-state index in [4.69, 9.17) is 13.9 Å². The Labute approximate surface area is 184 Å². The topological polar surface area (TPSA) is 85.1 Å². The van der Waals surface area contributed by atoms with Crippen LogP contribution in [0.3, 0.4) is 0 Å². The highest BCUT2D eigenvalue weighted by Crippen LogP contribution is 2.16. The van der Waals surface area contributed by atoms with Gasteiger partial charge in [0.1, 0.15) is 29.8 Å². The van der Waals surface area contributed by atoms with Gasteiger partial charge in [-0.25, -0.2) is 14.2 Å². The molecule has 0 radical (unpaired) electrons. The molecule has 4 rings (SSSR count). The van der Waals surface area contributed by atoms with Crippen molar-refractivity contribution in [1.82, 2.24) is 9.88 Å². The average Bonchev–Trinajstić information content (AvgIpc) is 3.32. The van der Waals surface area contributed by atoms with Crippen molar-refractivity contribution in [3.05, 3.63) is 78.1 Å². The highest BCUT2D eigenvalue weighted by atomic mass is 19.1. The lowest BCUT2D eigenvalue weighted by Crippen LogP contribution is -2.50. The van der Waals surface area contributed by atoms with Gasteiger partial charge in [0, 0.05) is 32.4 Å². The molecule has 1 aliphatic heterocycles. The van der Waals surface area contributed by atoms with E-state index in [2.05, 4.69) is 9.88 Å². The third kappa shape index (κ3) is 5.42. The van der Waals surface area contributed by atoms with E-state index in [0.29, 0.717) is 37.7 Å². The number of amides is 1. The maximum atomic E-state index is 12.9. The molecule has 2 aromatic heterocycles. The maximum absolute atomic E-state index is 12.9. The van der Waals surface area contributed by atoms with Gasteiger partial charge >= 0.3 is 5.97 Å². The van der Waals surface area contributed by atoms with Crippen LogP contribution in [0.2, 0.25) is 0 Å². The number of aromatic nitrogens is 1. The number of carbonyl (C=O) groups excluding carboxylic acids is 2. The van der Waals surface area contributed by atoms with Crippen LogP contribution in [-0.4, -0.2) is 54.5 Å². The molecule has 0 atom stereocenters. The average molecular weight is 439 g/mol.